The maximum Gasteiger partial charge on any atom is 0.306 e. The number of aliphatic hydroxyl groups excluding tert-OH is 3. The number of hydrogen-bond donors (Lipinski definition) is 4. The number of aliphatic hydroxyl groups is 3. The fourth-order valence-corrected chi connectivity index (χ4v) is 6.16. The van der Waals surface area contributed by atoms with E-state index >= 15 is 0 Å². The van der Waals surface area contributed by atoms with Crippen molar-refractivity contribution in [3.05, 3.63) is 60.8 Å². The highest BCUT2D eigenvalue weighted by Crippen LogP contribution is 2.24. The maximum atomic E-state index is 12.7. The molecule has 1 saturated heterocycles. The Balaban J connectivity index is 2.59. The molecule has 0 aromatic carbocycles. The average Bonchev–Trinajstić information content (AvgIpc) is 3.12. The lowest BCUT2D eigenvalue weighted by molar-refractivity contribution is -0.297. The molecule has 53 heavy (non-hydrogen) atoms. The van der Waals surface area contributed by atoms with Gasteiger partial charge in [-0.3, -0.25) is 14.1 Å². The first-order chi connectivity index (χ1) is 25.5. The Kier molecular flexibility index (Phi) is 28.0. The van der Waals surface area contributed by atoms with E-state index in [-0.39, 0.29) is 19.4 Å². The van der Waals surface area contributed by atoms with Crippen molar-refractivity contribution < 1.29 is 56.8 Å². The summed E-state index contributed by atoms with van der Waals surface area (Å²) < 4.78 is 53.7. The summed E-state index contributed by atoms with van der Waals surface area (Å²) in [4.78, 5) is 25.2. The number of ether oxygens (including phenoxy) is 4. The third kappa shape index (κ3) is 25.9. The van der Waals surface area contributed by atoms with Gasteiger partial charge in [0, 0.05) is 12.8 Å². The summed E-state index contributed by atoms with van der Waals surface area (Å²) in [5.74, 6) is -2.09. The molecule has 0 aromatic rings. The monoisotopic (exact) mass is 770 g/mol. The molecule has 0 bridgehead atoms. The molecule has 1 aliphatic rings. The molecule has 12 nitrogen and oxygen atoms in total. The summed E-state index contributed by atoms with van der Waals surface area (Å²) in [5, 5.41) is 30.7. The van der Waals surface area contributed by atoms with Crippen LogP contribution in [0.2, 0.25) is 0 Å². The minimum atomic E-state index is -4.61. The van der Waals surface area contributed by atoms with Crippen molar-refractivity contribution in [2.24, 2.45) is 0 Å². The van der Waals surface area contributed by atoms with Crippen LogP contribution in [0.15, 0.2) is 60.8 Å². The van der Waals surface area contributed by atoms with E-state index in [2.05, 4.69) is 19.9 Å². The molecular weight excluding hydrogens is 704 g/mol. The van der Waals surface area contributed by atoms with E-state index < -0.39 is 71.2 Å². The third-order valence-electron chi connectivity index (χ3n) is 8.49. The van der Waals surface area contributed by atoms with Crippen LogP contribution in [0.1, 0.15) is 123 Å². The highest BCUT2D eigenvalue weighted by molar-refractivity contribution is 7.85. The van der Waals surface area contributed by atoms with Gasteiger partial charge in [-0.15, -0.1) is 0 Å². The van der Waals surface area contributed by atoms with E-state index in [1.807, 2.05) is 54.7 Å². The number of hydrogen-bond acceptors (Lipinski definition) is 11. The van der Waals surface area contributed by atoms with Gasteiger partial charge in [-0.1, -0.05) is 145 Å². The Morgan fingerprint density at radius 1 is 0.660 bits per heavy atom. The number of unbranched alkanes of at least 4 members (excludes halogenated alkanes) is 12. The lowest BCUT2D eigenvalue weighted by Crippen LogP contribution is -2.60. The molecule has 0 aliphatic carbocycles. The van der Waals surface area contributed by atoms with Gasteiger partial charge < -0.3 is 34.3 Å². The summed E-state index contributed by atoms with van der Waals surface area (Å²) in [5.41, 5.74) is 0. The lowest BCUT2D eigenvalue weighted by atomic mass is 10.00. The highest BCUT2D eigenvalue weighted by atomic mass is 32.2. The molecule has 0 saturated carbocycles. The first-order valence-corrected chi connectivity index (χ1v) is 21.0. The minimum absolute atomic E-state index is 0.0667. The van der Waals surface area contributed by atoms with Crippen LogP contribution in [-0.2, 0) is 38.7 Å². The minimum Gasteiger partial charge on any atom is -0.462 e. The SMILES string of the molecule is CC/C=C/C=C/C=C/C=C/C=C/CCCC(=O)OC(COC(=O)CCCCCCCCCCCCCC)CO[C@H]1O[C@H](CS(=O)(=O)O)[C@@H](O)C(O)C1O. The first-order valence-electron chi connectivity index (χ1n) is 19.4. The molecule has 304 valence electrons. The molecule has 1 heterocycles. The summed E-state index contributed by atoms with van der Waals surface area (Å²) in [7, 11) is -4.61. The molecule has 1 fully saturated rings. The summed E-state index contributed by atoms with van der Waals surface area (Å²) in [6, 6.07) is 0. The van der Waals surface area contributed by atoms with Crippen LogP contribution < -0.4 is 0 Å². The Bertz CT molecular complexity index is 1230. The van der Waals surface area contributed by atoms with Gasteiger partial charge in [0.25, 0.3) is 10.1 Å². The molecule has 0 spiro atoms. The number of rotatable bonds is 30. The van der Waals surface area contributed by atoms with E-state index in [0.29, 0.717) is 19.3 Å². The molecule has 0 amide bonds. The molecule has 3 unspecified atom stereocenters. The molecule has 0 aromatic heterocycles. The fraction of sp³-hybridized carbons (Fsp3) is 0.700. The lowest BCUT2D eigenvalue weighted by Gasteiger charge is -2.40. The zero-order valence-corrected chi connectivity index (χ0v) is 32.7. The number of allylic oxidation sites excluding steroid dienone is 10. The van der Waals surface area contributed by atoms with Crippen LogP contribution in [0.4, 0.5) is 0 Å². The summed E-state index contributed by atoms with van der Waals surface area (Å²) in [6.07, 6.45) is 25.8. The predicted molar refractivity (Wildman–Crippen MR) is 205 cm³/mol. The van der Waals surface area contributed by atoms with E-state index in [1.165, 1.54) is 51.4 Å². The number of carbonyl (C=O) groups excluding carboxylic acids is 2. The topological polar surface area (TPSA) is 186 Å². The first kappa shape index (κ1) is 48.4. The second kappa shape index (κ2) is 30.7. The van der Waals surface area contributed by atoms with Crippen LogP contribution in [0, 0.1) is 0 Å². The Morgan fingerprint density at radius 2 is 1.19 bits per heavy atom. The van der Waals surface area contributed by atoms with Gasteiger partial charge in [0.1, 0.15) is 36.8 Å². The maximum absolute atomic E-state index is 12.7. The van der Waals surface area contributed by atoms with Crippen molar-refractivity contribution in [2.45, 2.75) is 160 Å². The number of carbonyl (C=O) groups is 2. The molecule has 4 N–H and O–H groups in total. The quantitative estimate of drug-likeness (QED) is 0.0266. The largest absolute Gasteiger partial charge is 0.462 e. The zero-order chi connectivity index (χ0) is 39.2. The van der Waals surface area contributed by atoms with Gasteiger partial charge >= 0.3 is 11.9 Å². The smallest absolute Gasteiger partial charge is 0.306 e. The van der Waals surface area contributed by atoms with Gasteiger partial charge in [0.15, 0.2) is 12.4 Å². The molecular formula is C40H66O12S. The van der Waals surface area contributed by atoms with Gasteiger partial charge in [-0.2, -0.15) is 8.42 Å². The molecule has 13 heteroatoms. The second-order valence-corrected chi connectivity index (χ2v) is 14.8. The van der Waals surface area contributed by atoms with Crippen LogP contribution in [0.5, 0.6) is 0 Å². The third-order valence-corrected chi connectivity index (χ3v) is 9.24. The normalized spacial score (nSPS) is 21.8. The zero-order valence-electron chi connectivity index (χ0n) is 31.8. The second-order valence-electron chi connectivity index (χ2n) is 13.3. The van der Waals surface area contributed by atoms with E-state index in [4.69, 9.17) is 18.9 Å². The summed E-state index contributed by atoms with van der Waals surface area (Å²) >= 11 is 0. The van der Waals surface area contributed by atoms with Gasteiger partial charge in [-0.25, -0.2) is 0 Å². The molecule has 6 atom stereocenters. The molecule has 0 radical (unpaired) electrons. The molecule has 1 rings (SSSR count). The van der Waals surface area contributed by atoms with Gasteiger partial charge in [0.2, 0.25) is 0 Å². The number of esters is 2. The van der Waals surface area contributed by atoms with Crippen molar-refractivity contribution in [3.63, 3.8) is 0 Å². The van der Waals surface area contributed by atoms with Crippen LogP contribution >= 0.6 is 0 Å². The van der Waals surface area contributed by atoms with Crippen LogP contribution in [-0.4, -0.2) is 96.0 Å². The van der Waals surface area contributed by atoms with Gasteiger partial charge in [0.05, 0.1) is 6.61 Å². The van der Waals surface area contributed by atoms with Crippen molar-refractivity contribution >= 4 is 22.1 Å². The highest BCUT2D eigenvalue weighted by Gasteiger charge is 2.46. The van der Waals surface area contributed by atoms with Crippen LogP contribution in [0.25, 0.3) is 0 Å². The van der Waals surface area contributed by atoms with Gasteiger partial charge in [-0.05, 0) is 25.7 Å². The molecule has 1 aliphatic heterocycles. The van der Waals surface area contributed by atoms with Crippen molar-refractivity contribution in [3.8, 4) is 0 Å². The van der Waals surface area contributed by atoms with Crippen molar-refractivity contribution in [1.29, 1.82) is 0 Å². The van der Waals surface area contributed by atoms with Crippen LogP contribution in [0.3, 0.4) is 0 Å². The summed E-state index contributed by atoms with van der Waals surface area (Å²) in [6.45, 7) is 3.51. The van der Waals surface area contributed by atoms with Crippen molar-refractivity contribution in [2.75, 3.05) is 19.0 Å². The van der Waals surface area contributed by atoms with E-state index in [0.717, 1.165) is 25.7 Å². The predicted octanol–water partition coefficient (Wildman–Crippen LogP) is 6.61. The Hall–Kier alpha value is -2.65. The average molecular weight is 771 g/mol. The van der Waals surface area contributed by atoms with E-state index in [9.17, 15) is 37.9 Å². The Labute approximate surface area is 317 Å². The standard InChI is InChI=1S/C40H66O12S/c1-3-5-7-9-11-13-15-17-19-21-23-25-27-29-36(42)51-33(31-50-40-39(45)38(44)37(43)34(52-40)32-53(46,47)48)30-49-35(41)28-26-24-22-20-18-16-14-12-10-8-6-4-2/h5,7,9,11,13,15,17,19,21,23,33-34,37-40,43-45H,3-4,6,8,10,12,14,16,18,20,22,24-32H2,1-2H3,(H,46,47,48)/b7-5+,11-9+,15-13+,19-17+,23-21+/t33?,34-,37-,38?,39?,40+/m1/s1. The van der Waals surface area contributed by atoms with Crippen molar-refractivity contribution in [1.82, 2.24) is 0 Å². The van der Waals surface area contributed by atoms with E-state index in [1.54, 1.807) is 0 Å². The Morgan fingerprint density at radius 3 is 1.75 bits per heavy atom. The fourth-order valence-electron chi connectivity index (χ4n) is 5.47.